The molecule has 1 amide bonds. The van der Waals surface area contributed by atoms with Crippen molar-refractivity contribution in [2.45, 2.75) is 12.5 Å². The molecule has 0 radical (unpaired) electrons. The molecule has 0 bridgehead atoms. The monoisotopic (exact) mass is 328 g/mol. The van der Waals surface area contributed by atoms with Gasteiger partial charge in [-0.05, 0) is 28.5 Å². The third-order valence-corrected chi connectivity index (χ3v) is 3.44. The number of aliphatic hydroxyl groups is 1. The number of alkyl halides is 2. The van der Waals surface area contributed by atoms with Crippen LogP contribution in [0.5, 0.6) is 5.88 Å². The number of nitrogens with zero attached hydrogens (tertiary/aromatic N) is 1. The first-order valence-electron chi connectivity index (χ1n) is 6.41. The molecular weight excluding hydrogens is 314 g/mol. The lowest BCUT2D eigenvalue weighted by Crippen LogP contribution is -2.28. The van der Waals surface area contributed by atoms with Gasteiger partial charge in [0.15, 0.2) is 6.61 Å². The largest absolute Gasteiger partial charge is 0.472 e. The van der Waals surface area contributed by atoms with Crippen LogP contribution in [0, 0.1) is 0 Å². The van der Waals surface area contributed by atoms with Crippen molar-refractivity contribution >= 4 is 17.2 Å². The van der Waals surface area contributed by atoms with Gasteiger partial charge in [0.25, 0.3) is 12.3 Å². The zero-order valence-corrected chi connectivity index (χ0v) is 12.2. The molecule has 0 aliphatic carbocycles. The van der Waals surface area contributed by atoms with Crippen LogP contribution in [0.25, 0.3) is 0 Å². The van der Waals surface area contributed by atoms with E-state index in [1.165, 1.54) is 29.7 Å². The van der Waals surface area contributed by atoms with Gasteiger partial charge in [-0.15, -0.1) is 0 Å². The fourth-order valence-corrected chi connectivity index (χ4v) is 2.36. The van der Waals surface area contributed by atoms with Crippen LogP contribution >= 0.6 is 11.3 Å². The van der Waals surface area contributed by atoms with Crippen LogP contribution in [0.2, 0.25) is 0 Å². The number of aromatic nitrogens is 1. The molecule has 2 rings (SSSR count). The fraction of sp³-hybridized carbons (Fsp3) is 0.286. The van der Waals surface area contributed by atoms with Crippen LogP contribution < -0.4 is 10.1 Å². The van der Waals surface area contributed by atoms with E-state index in [2.05, 4.69) is 10.3 Å². The third-order valence-electron chi connectivity index (χ3n) is 2.74. The van der Waals surface area contributed by atoms with Gasteiger partial charge >= 0.3 is 0 Å². The number of hydrogen-bond acceptors (Lipinski definition) is 5. The average Bonchev–Trinajstić information content (AvgIpc) is 3.05. The van der Waals surface area contributed by atoms with E-state index in [0.717, 1.165) is 5.56 Å². The van der Waals surface area contributed by atoms with E-state index in [1.54, 1.807) is 11.4 Å². The second kappa shape index (κ2) is 7.81. The van der Waals surface area contributed by atoms with Crippen LogP contribution in [-0.4, -0.2) is 35.6 Å². The predicted octanol–water partition coefficient (Wildman–Crippen LogP) is 2.25. The Morgan fingerprint density at radius 3 is 2.95 bits per heavy atom. The summed E-state index contributed by atoms with van der Waals surface area (Å²) in [6.07, 6.45) is -2.11. The number of nitrogens with one attached hydrogen (secondary N) is 1. The minimum Gasteiger partial charge on any atom is -0.472 e. The van der Waals surface area contributed by atoms with Gasteiger partial charge in [0.05, 0.1) is 6.10 Å². The molecule has 0 saturated heterocycles. The number of amides is 1. The molecule has 0 aliphatic heterocycles. The molecule has 2 heterocycles. The van der Waals surface area contributed by atoms with Crippen molar-refractivity contribution in [2.75, 3.05) is 13.2 Å². The van der Waals surface area contributed by atoms with E-state index in [-0.39, 0.29) is 18.0 Å². The zero-order chi connectivity index (χ0) is 15.9. The number of pyridine rings is 1. The molecule has 118 valence electrons. The SMILES string of the molecule is O=C(NCC(O)c1ccsc1)c1ccnc(OCC(F)F)c1. The fourth-order valence-electron chi connectivity index (χ4n) is 1.65. The molecule has 0 saturated carbocycles. The highest BCUT2D eigenvalue weighted by Gasteiger charge is 2.12. The van der Waals surface area contributed by atoms with E-state index in [1.807, 2.05) is 5.38 Å². The molecule has 0 aliphatic rings. The van der Waals surface area contributed by atoms with Gasteiger partial charge in [0, 0.05) is 24.4 Å². The van der Waals surface area contributed by atoms with Gasteiger partial charge in [-0.25, -0.2) is 13.8 Å². The summed E-state index contributed by atoms with van der Waals surface area (Å²) in [4.78, 5) is 15.7. The van der Waals surface area contributed by atoms with Crippen molar-refractivity contribution < 1.29 is 23.4 Å². The lowest BCUT2D eigenvalue weighted by Gasteiger charge is -2.11. The molecule has 2 N–H and O–H groups in total. The quantitative estimate of drug-likeness (QED) is 0.818. The Balaban J connectivity index is 1.90. The Morgan fingerprint density at radius 2 is 2.27 bits per heavy atom. The summed E-state index contributed by atoms with van der Waals surface area (Å²) in [5.41, 5.74) is 0.942. The van der Waals surface area contributed by atoms with Crippen LogP contribution in [0.4, 0.5) is 8.78 Å². The lowest BCUT2D eigenvalue weighted by molar-refractivity contribution is 0.0794. The summed E-state index contributed by atoms with van der Waals surface area (Å²) in [5, 5.41) is 16.1. The molecule has 22 heavy (non-hydrogen) atoms. The maximum atomic E-state index is 12.1. The number of aliphatic hydroxyl groups excluding tert-OH is 1. The predicted molar refractivity (Wildman–Crippen MR) is 77.3 cm³/mol. The zero-order valence-electron chi connectivity index (χ0n) is 11.4. The lowest BCUT2D eigenvalue weighted by atomic mass is 10.2. The molecule has 0 spiro atoms. The standard InChI is InChI=1S/C14H14F2N2O3S/c15-12(16)7-21-13-5-9(1-3-17-13)14(20)18-6-11(19)10-2-4-22-8-10/h1-5,8,11-12,19H,6-7H2,(H,18,20). The first-order valence-corrected chi connectivity index (χ1v) is 7.36. The Kier molecular flexibility index (Phi) is 5.79. The van der Waals surface area contributed by atoms with E-state index >= 15 is 0 Å². The summed E-state index contributed by atoms with van der Waals surface area (Å²) >= 11 is 1.45. The van der Waals surface area contributed by atoms with Crippen LogP contribution in [0.1, 0.15) is 22.0 Å². The van der Waals surface area contributed by atoms with Crippen LogP contribution in [0.3, 0.4) is 0 Å². The molecule has 1 atom stereocenters. The molecule has 2 aromatic rings. The van der Waals surface area contributed by atoms with Crippen LogP contribution in [-0.2, 0) is 0 Å². The van der Waals surface area contributed by atoms with Gasteiger partial charge < -0.3 is 15.2 Å². The minimum atomic E-state index is -2.61. The Morgan fingerprint density at radius 1 is 1.45 bits per heavy atom. The molecule has 8 heteroatoms. The van der Waals surface area contributed by atoms with Crippen molar-refractivity contribution in [3.8, 4) is 5.88 Å². The van der Waals surface area contributed by atoms with Crippen LogP contribution in [0.15, 0.2) is 35.2 Å². The summed E-state index contributed by atoms with van der Waals surface area (Å²) in [5.74, 6) is -0.495. The van der Waals surface area contributed by atoms with Crippen molar-refractivity contribution in [3.05, 3.63) is 46.3 Å². The molecular formula is C14H14F2N2O3S. The van der Waals surface area contributed by atoms with Gasteiger partial charge in [0.2, 0.25) is 5.88 Å². The number of thiophene rings is 1. The maximum Gasteiger partial charge on any atom is 0.272 e. The topological polar surface area (TPSA) is 71.5 Å². The van der Waals surface area contributed by atoms with Gasteiger partial charge in [0.1, 0.15) is 0 Å². The summed E-state index contributed by atoms with van der Waals surface area (Å²) < 4.78 is 28.9. The van der Waals surface area contributed by atoms with E-state index in [9.17, 15) is 18.7 Å². The highest BCUT2D eigenvalue weighted by Crippen LogP contribution is 2.15. The average molecular weight is 328 g/mol. The Hall–Kier alpha value is -2.06. The molecule has 2 aromatic heterocycles. The Bertz CT molecular complexity index is 608. The second-order valence-corrected chi connectivity index (χ2v) is 5.15. The molecule has 0 fully saturated rings. The normalized spacial score (nSPS) is 12.2. The molecule has 5 nitrogen and oxygen atoms in total. The number of carbonyl (C=O) groups excluding carboxylic acids is 1. The van der Waals surface area contributed by atoms with E-state index in [0.29, 0.717) is 0 Å². The van der Waals surface area contributed by atoms with Gasteiger partial charge in [-0.3, -0.25) is 4.79 Å². The Labute approximate surface area is 129 Å². The number of hydrogen-bond donors (Lipinski definition) is 2. The number of rotatable bonds is 7. The summed E-state index contributed by atoms with van der Waals surface area (Å²) in [6, 6.07) is 4.47. The first-order chi connectivity index (χ1) is 10.6. The van der Waals surface area contributed by atoms with Crippen molar-refractivity contribution in [1.82, 2.24) is 10.3 Å². The van der Waals surface area contributed by atoms with E-state index < -0.39 is 25.0 Å². The van der Waals surface area contributed by atoms with Gasteiger partial charge in [-0.2, -0.15) is 11.3 Å². The molecule has 1 unspecified atom stereocenters. The third kappa shape index (κ3) is 4.74. The second-order valence-electron chi connectivity index (χ2n) is 4.37. The van der Waals surface area contributed by atoms with Crippen molar-refractivity contribution in [3.63, 3.8) is 0 Å². The number of ether oxygens (including phenoxy) is 1. The first kappa shape index (κ1) is 16.3. The summed E-state index contributed by atoms with van der Waals surface area (Å²) in [7, 11) is 0. The number of carbonyl (C=O) groups is 1. The molecule has 0 aromatic carbocycles. The minimum absolute atomic E-state index is 0.0467. The smallest absolute Gasteiger partial charge is 0.272 e. The highest BCUT2D eigenvalue weighted by atomic mass is 32.1. The van der Waals surface area contributed by atoms with Crippen molar-refractivity contribution in [1.29, 1.82) is 0 Å². The number of halogens is 2. The van der Waals surface area contributed by atoms with Gasteiger partial charge in [-0.1, -0.05) is 0 Å². The maximum absolute atomic E-state index is 12.1. The highest BCUT2D eigenvalue weighted by molar-refractivity contribution is 7.07. The van der Waals surface area contributed by atoms with Crippen molar-refractivity contribution in [2.24, 2.45) is 0 Å². The van der Waals surface area contributed by atoms with E-state index in [4.69, 9.17) is 4.74 Å². The summed E-state index contributed by atoms with van der Waals surface area (Å²) in [6.45, 7) is -0.736.